The van der Waals surface area contributed by atoms with Crippen LogP contribution in [0.1, 0.15) is 12.0 Å². The number of halogens is 2. The molecule has 2 aliphatic rings. The van der Waals surface area contributed by atoms with Gasteiger partial charge in [0.1, 0.15) is 10.1 Å². The Morgan fingerprint density at radius 3 is 2.75 bits per heavy atom. The first-order valence-corrected chi connectivity index (χ1v) is 12.2. The van der Waals surface area contributed by atoms with Gasteiger partial charge in [0, 0.05) is 40.8 Å². The highest BCUT2D eigenvalue weighted by Crippen LogP contribution is 2.36. The van der Waals surface area contributed by atoms with Gasteiger partial charge in [-0.05, 0) is 48.4 Å². The molecule has 168 valence electrons. The molecule has 1 amide bonds. The third-order valence-electron chi connectivity index (χ3n) is 5.16. The molecule has 0 aromatic heterocycles. The van der Waals surface area contributed by atoms with Gasteiger partial charge in [-0.25, -0.2) is 0 Å². The Labute approximate surface area is 207 Å². The zero-order valence-electron chi connectivity index (χ0n) is 17.2. The number of benzene rings is 2. The predicted molar refractivity (Wildman–Crippen MR) is 136 cm³/mol. The Morgan fingerprint density at radius 1 is 1.19 bits per heavy atom. The fraction of sp³-hybridized carbons (Fsp3) is 0.304. The van der Waals surface area contributed by atoms with Gasteiger partial charge in [-0.15, -0.1) is 0 Å². The number of morpholine rings is 1. The first-order chi connectivity index (χ1) is 15.5. The summed E-state index contributed by atoms with van der Waals surface area (Å²) in [4.78, 5) is 15.1. The van der Waals surface area contributed by atoms with E-state index in [1.807, 2.05) is 24.3 Å². The number of hydrogen-bond acceptors (Lipinski definition) is 6. The Kier molecular flexibility index (Phi) is 8.10. The molecule has 2 aromatic carbocycles. The number of amides is 1. The molecule has 5 nitrogen and oxygen atoms in total. The molecule has 0 saturated carbocycles. The molecule has 9 heteroatoms. The third-order valence-corrected chi connectivity index (χ3v) is 6.89. The zero-order valence-corrected chi connectivity index (χ0v) is 20.4. The summed E-state index contributed by atoms with van der Waals surface area (Å²) in [6.45, 7) is 5.02. The van der Waals surface area contributed by atoms with Crippen LogP contribution in [0.25, 0.3) is 17.2 Å². The second kappa shape index (κ2) is 11.0. The fourth-order valence-electron chi connectivity index (χ4n) is 3.54. The smallest absolute Gasteiger partial charge is 0.263 e. The normalized spacial score (nSPS) is 18.2. The van der Waals surface area contributed by atoms with Gasteiger partial charge in [0.15, 0.2) is 0 Å². The molecule has 0 atom stereocenters. The van der Waals surface area contributed by atoms with Crippen molar-refractivity contribution >= 4 is 63.5 Å². The predicted octanol–water partition coefficient (Wildman–Crippen LogP) is 5.25. The van der Waals surface area contributed by atoms with Crippen LogP contribution in [-0.4, -0.2) is 54.6 Å². The van der Waals surface area contributed by atoms with E-state index in [0.717, 1.165) is 56.0 Å². The van der Waals surface area contributed by atoms with Crippen LogP contribution in [0.4, 0.5) is 0 Å². The highest BCUT2D eigenvalue weighted by atomic mass is 35.5. The number of hydrogen-bond donors (Lipinski definition) is 1. The summed E-state index contributed by atoms with van der Waals surface area (Å²) in [6.07, 6.45) is 2.70. The van der Waals surface area contributed by atoms with Crippen molar-refractivity contribution in [1.29, 1.82) is 0 Å². The van der Waals surface area contributed by atoms with Gasteiger partial charge in [0.25, 0.3) is 5.91 Å². The van der Waals surface area contributed by atoms with Crippen molar-refractivity contribution in [3.05, 3.63) is 56.9 Å². The first-order valence-electron chi connectivity index (χ1n) is 10.3. The Bertz CT molecular complexity index is 1060. The summed E-state index contributed by atoms with van der Waals surface area (Å²) < 4.78 is 12.0. The molecule has 2 saturated heterocycles. The van der Waals surface area contributed by atoms with E-state index in [9.17, 15) is 4.79 Å². The van der Waals surface area contributed by atoms with E-state index in [1.165, 1.54) is 11.8 Å². The molecule has 0 bridgehead atoms. The van der Waals surface area contributed by atoms with Crippen LogP contribution < -0.4 is 10.1 Å². The lowest BCUT2D eigenvalue weighted by Crippen LogP contribution is -2.37. The van der Waals surface area contributed by atoms with E-state index in [4.69, 9.17) is 44.9 Å². The third kappa shape index (κ3) is 6.04. The van der Waals surface area contributed by atoms with Crippen LogP contribution in [0.2, 0.25) is 10.0 Å². The van der Waals surface area contributed by atoms with Crippen molar-refractivity contribution in [1.82, 2.24) is 10.2 Å². The lowest BCUT2D eigenvalue weighted by atomic mass is 10.0. The molecule has 2 fully saturated rings. The van der Waals surface area contributed by atoms with Crippen molar-refractivity contribution in [3.8, 4) is 16.9 Å². The summed E-state index contributed by atoms with van der Waals surface area (Å²) in [7, 11) is 0. The van der Waals surface area contributed by atoms with E-state index >= 15 is 0 Å². The number of thioether (sulfide) groups is 1. The Balaban J connectivity index is 1.55. The molecular weight excluding hydrogens is 487 g/mol. The molecule has 2 aliphatic heterocycles. The summed E-state index contributed by atoms with van der Waals surface area (Å²) in [5, 5.41) is 3.85. The molecule has 0 spiro atoms. The maximum atomic E-state index is 12.2. The second-order valence-electron chi connectivity index (χ2n) is 7.39. The Hall–Kier alpha value is -1.61. The average molecular weight is 509 g/mol. The second-order valence-corrected chi connectivity index (χ2v) is 9.95. The number of thiocarbonyl (C=S) groups is 1. The molecule has 4 rings (SSSR count). The molecule has 1 N–H and O–H groups in total. The van der Waals surface area contributed by atoms with Crippen LogP contribution in [-0.2, 0) is 9.53 Å². The van der Waals surface area contributed by atoms with Gasteiger partial charge < -0.3 is 14.8 Å². The van der Waals surface area contributed by atoms with Crippen molar-refractivity contribution in [2.75, 3.05) is 39.5 Å². The van der Waals surface area contributed by atoms with Crippen LogP contribution in [0, 0.1) is 0 Å². The number of nitrogens with zero attached hydrogens (tertiary/aromatic N) is 1. The number of ether oxygens (including phenoxy) is 2. The molecular formula is C23H22Cl2N2O3S2. The summed E-state index contributed by atoms with van der Waals surface area (Å²) in [6, 6.07) is 11.2. The fourth-order valence-corrected chi connectivity index (χ4v) is 4.97. The lowest BCUT2D eigenvalue weighted by Gasteiger charge is -2.26. The molecule has 0 radical (unpaired) electrons. The van der Waals surface area contributed by atoms with Crippen LogP contribution >= 0.6 is 47.2 Å². The highest BCUT2D eigenvalue weighted by molar-refractivity contribution is 8.26. The molecule has 2 aromatic rings. The Morgan fingerprint density at radius 2 is 2.00 bits per heavy atom. The first kappa shape index (κ1) is 23.5. The van der Waals surface area contributed by atoms with Gasteiger partial charge in [-0.1, -0.05) is 53.2 Å². The maximum Gasteiger partial charge on any atom is 0.263 e. The monoisotopic (exact) mass is 508 g/mol. The van der Waals surface area contributed by atoms with Crippen LogP contribution in [0.3, 0.4) is 0 Å². The number of carbonyl (C=O) groups is 1. The van der Waals surface area contributed by atoms with Crippen molar-refractivity contribution < 1.29 is 14.3 Å². The number of nitrogens with one attached hydrogen (secondary N) is 1. The van der Waals surface area contributed by atoms with Crippen molar-refractivity contribution in [2.24, 2.45) is 0 Å². The van der Waals surface area contributed by atoms with E-state index < -0.39 is 0 Å². The minimum absolute atomic E-state index is 0.204. The lowest BCUT2D eigenvalue weighted by molar-refractivity contribution is -0.115. The van der Waals surface area contributed by atoms with Crippen molar-refractivity contribution in [2.45, 2.75) is 6.42 Å². The number of rotatable bonds is 7. The van der Waals surface area contributed by atoms with Gasteiger partial charge in [-0.3, -0.25) is 9.69 Å². The number of carbonyl (C=O) groups excluding carboxylic acids is 1. The van der Waals surface area contributed by atoms with Crippen molar-refractivity contribution in [3.63, 3.8) is 0 Å². The molecule has 32 heavy (non-hydrogen) atoms. The minimum atomic E-state index is -0.204. The SMILES string of the molecule is O=C1NC(=S)S/C1=C\c1cc(-c2cc(Cl)ccc2Cl)ccc1OCCCN1CCOCC1. The topological polar surface area (TPSA) is 50.8 Å². The highest BCUT2D eigenvalue weighted by Gasteiger charge is 2.23. The summed E-state index contributed by atoms with van der Waals surface area (Å²) >= 11 is 18.9. The minimum Gasteiger partial charge on any atom is -0.493 e. The quantitative estimate of drug-likeness (QED) is 0.313. The molecule has 0 aliphatic carbocycles. The van der Waals surface area contributed by atoms with Gasteiger partial charge in [0.2, 0.25) is 0 Å². The molecule has 2 heterocycles. The van der Waals surface area contributed by atoms with Gasteiger partial charge in [0.05, 0.1) is 24.7 Å². The van der Waals surface area contributed by atoms with Gasteiger partial charge >= 0.3 is 0 Å². The summed E-state index contributed by atoms with van der Waals surface area (Å²) in [5.41, 5.74) is 2.49. The zero-order chi connectivity index (χ0) is 22.5. The van der Waals surface area contributed by atoms with E-state index in [2.05, 4.69) is 10.2 Å². The summed E-state index contributed by atoms with van der Waals surface area (Å²) in [5.74, 6) is 0.497. The van der Waals surface area contributed by atoms with E-state index in [1.54, 1.807) is 18.2 Å². The standard InChI is InChI=1S/C23H22Cl2N2O3S2/c24-17-3-4-19(25)18(14-17)15-2-5-20(30-9-1-6-27-7-10-29-11-8-27)16(12-15)13-21-22(28)26-23(31)32-21/h2-5,12-14H,1,6-11H2,(H,26,28,31)/b21-13-. The largest absolute Gasteiger partial charge is 0.493 e. The van der Waals surface area contributed by atoms with Gasteiger partial charge in [-0.2, -0.15) is 0 Å². The van der Waals surface area contributed by atoms with Crippen LogP contribution in [0.5, 0.6) is 5.75 Å². The van der Waals surface area contributed by atoms with E-state index in [-0.39, 0.29) is 5.91 Å². The van der Waals surface area contributed by atoms with E-state index in [0.29, 0.717) is 31.6 Å². The average Bonchev–Trinajstić information content (AvgIpc) is 3.11. The molecule has 0 unspecified atom stereocenters. The van der Waals surface area contributed by atoms with Crippen LogP contribution in [0.15, 0.2) is 41.3 Å². The maximum absolute atomic E-state index is 12.2.